The molecule has 0 fully saturated rings. The van der Waals surface area contributed by atoms with Gasteiger partial charge in [-0.3, -0.25) is 4.40 Å². The molecule has 2 aromatic rings. The summed E-state index contributed by atoms with van der Waals surface area (Å²) in [7, 11) is 0. The molecule has 0 spiro atoms. The fourth-order valence-electron chi connectivity index (χ4n) is 1.36. The zero-order valence-electron chi connectivity index (χ0n) is 8.41. The van der Waals surface area contributed by atoms with Crippen LogP contribution in [0.5, 0.6) is 0 Å². The van der Waals surface area contributed by atoms with Crippen LogP contribution in [0.2, 0.25) is 5.02 Å². The number of nitrogens with zero attached hydrogens (tertiary/aromatic N) is 2. The van der Waals surface area contributed by atoms with Gasteiger partial charge in [0.2, 0.25) is 5.82 Å². The van der Waals surface area contributed by atoms with Crippen molar-refractivity contribution in [3.05, 3.63) is 33.8 Å². The molecule has 0 radical (unpaired) electrons. The van der Waals surface area contributed by atoms with Crippen molar-refractivity contribution in [1.29, 1.82) is 0 Å². The van der Waals surface area contributed by atoms with Crippen LogP contribution in [0, 0.1) is 0 Å². The first kappa shape index (κ1) is 11.4. The van der Waals surface area contributed by atoms with Gasteiger partial charge in [0.15, 0.2) is 0 Å². The van der Waals surface area contributed by atoms with Crippen molar-refractivity contribution in [3.63, 3.8) is 0 Å². The number of hydrogen-bond donors (Lipinski definition) is 0. The van der Waals surface area contributed by atoms with E-state index in [1.165, 1.54) is 0 Å². The van der Waals surface area contributed by atoms with Gasteiger partial charge in [0.25, 0.3) is 0 Å². The van der Waals surface area contributed by atoms with Crippen molar-refractivity contribution in [2.75, 3.05) is 6.61 Å². The summed E-state index contributed by atoms with van der Waals surface area (Å²) in [6.07, 6.45) is 1.63. The minimum atomic E-state index is -0.467. The second-order valence-corrected chi connectivity index (χ2v) is 4.24. The zero-order valence-corrected chi connectivity index (χ0v) is 10.7. The van der Waals surface area contributed by atoms with Crippen LogP contribution >= 0.6 is 27.5 Å². The maximum absolute atomic E-state index is 11.6. The molecular formula is C10H8BrClN2O2. The number of carbonyl (C=O) groups is 1. The number of ether oxygens (including phenoxy) is 1. The molecule has 0 aliphatic heterocycles. The van der Waals surface area contributed by atoms with E-state index in [4.69, 9.17) is 16.3 Å². The average molecular weight is 304 g/mol. The summed E-state index contributed by atoms with van der Waals surface area (Å²) in [5.74, 6) is -0.253. The minimum Gasteiger partial charge on any atom is -0.460 e. The third kappa shape index (κ3) is 1.92. The molecule has 0 N–H and O–H groups in total. The lowest BCUT2D eigenvalue weighted by molar-refractivity contribution is 0.0511. The predicted molar refractivity (Wildman–Crippen MR) is 63.9 cm³/mol. The lowest BCUT2D eigenvalue weighted by Gasteiger charge is -2.01. The third-order valence-corrected chi connectivity index (χ3v) is 2.82. The van der Waals surface area contributed by atoms with Gasteiger partial charge in [-0.25, -0.2) is 9.78 Å². The van der Waals surface area contributed by atoms with Crippen molar-refractivity contribution in [1.82, 2.24) is 9.38 Å². The molecule has 0 saturated heterocycles. The maximum Gasteiger partial charge on any atom is 0.374 e. The summed E-state index contributed by atoms with van der Waals surface area (Å²) in [5.41, 5.74) is 0.771. The smallest absolute Gasteiger partial charge is 0.374 e. The van der Waals surface area contributed by atoms with Crippen molar-refractivity contribution >= 4 is 39.0 Å². The Bertz CT molecular complexity index is 553. The molecule has 0 aliphatic rings. The molecule has 0 aromatic carbocycles. The van der Waals surface area contributed by atoms with E-state index in [1.807, 2.05) is 0 Å². The molecule has 2 aromatic heterocycles. The van der Waals surface area contributed by atoms with Crippen LogP contribution in [0.15, 0.2) is 22.9 Å². The van der Waals surface area contributed by atoms with Crippen molar-refractivity contribution in [2.45, 2.75) is 6.92 Å². The Kier molecular flexibility index (Phi) is 3.16. The van der Waals surface area contributed by atoms with Crippen LogP contribution in [0.1, 0.15) is 17.5 Å². The zero-order chi connectivity index (χ0) is 11.7. The molecule has 6 heteroatoms. The molecule has 2 heterocycles. The van der Waals surface area contributed by atoms with Crippen LogP contribution in [0.3, 0.4) is 0 Å². The highest BCUT2D eigenvalue weighted by atomic mass is 79.9. The SMILES string of the molecule is CCOC(=O)c1nc(Br)c2ccc(Cl)cn12. The van der Waals surface area contributed by atoms with Gasteiger partial charge in [-0.05, 0) is 35.0 Å². The fourth-order valence-corrected chi connectivity index (χ4v) is 2.01. The van der Waals surface area contributed by atoms with Gasteiger partial charge in [0.05, 0.1) is 17.1 Å². The molecule has 4 nitrogen and oxygen atoms in total. The van der Waals surface area contributed by atoms with Gasteiger partial charge < -0.3 is 4.74 Å². The Hall–Kier alpha value is -1.07. The molecular weight excluding hydrogens is 295 g/mol. The van der Waals surface area contributed by atoms with Crippen LogP contribution in [-0.2, 0) is 4.74 Å². The van der Waals surface area contributed by atoms with Crippen molar-refractivity contribution < 1.29 is 9.53 Å². The largest absolute Gasteiger partial charge is 0.460 e. The maximum atomic E-state index is 11.6. The predicted octanol–water partition coefficient (Wildman–Crippen LogP) is 2.93. The van der Waals surface area contributed by atoms with Crippen LogP contribution in [-0.4, -0.2) is 22.0 Å². The van der Waals surface area contributed by atoms with E-state index < -0.39 is 5.97 Å². The summed E-state index contributed by atoms with van der Waals surface area (Å²) >= 11 is 9.14. The Morgan fingerprint density at radius 3 is 3.06 bits per heavy atom. The van der Waals surface area contributed by atoms with E-state index in [9.17, 15) is 4.79 Å². The van der Waals surface area contributed by atoms with Crippen LogP contribution in [0.4, 0.5) is 0 Å². The van der Waals surface area contributed by atoms with Gasteiger partial charge in [0.1, 0.15) is 4.60 Å². The average Bonchev–Trinajstić information content (AvgIpc) is 2.56. The minimum absolute atomic E-state index is 0.214. The Morgan fingerprint density at radius 1 is 1.62 bits per heavy atom. The normalized spacial score (nSPS) is 10.7. The van der Waals surface area contributed by atoms with Crippen molar-refractivity contribution in [3.8, 4) is 0 Å². The molecule has 0 bridgehead atoms. The van der Waals surface area contributed by atoms with Crippen LogP contribution in [0.25, 0.3) is 5.52 Å². The molecule has 0 aliphatic carbocycles. The summed E-state index contributed by atoms with van der Waals surface area (Å²) in [4.78, 5) is 15.7. The highest BCUT2D eigenvalue weighted by Crippen LogP contribution is 2.21. The summed E-state index contributed by atoms with van der Waals surface area (Å²) in [6.45, 7) is 2.06. The number of rotatable bonds is 2. The fraction of sp³-hybridized carbons (Fsp3) is 0.200. The lowest BCUT2D eigenvalue weighted by atomic mass is 10.4. The summed E-state index contributed by atoms with van der Waals surface area (Å²) < 4.78 is 7.09. The van der Waals surface area contributed by atoms with Gasteiger partial charge in [-0.2, -0.15) is 0 Å². The number of hydrogen-bond acceptors (Lipinski definition) is 3. The number of aromatic nitrogens is 2. The van der Waals surface area contributed by atoms with E-state index >= 15 is 0 Å². The topological polar surface area (TPSA) is 43.6 Å². The Morgan fingerprint density at radius 2 is 2.38 bits per heavy atom. The first-order valence-corrected chi connectivity index (χ1v) is 5.80. The van der Waals surface area contributed by atoms with E-state index in [-0.39, 0.29) is 5.82 Å². The monoisotopic (exact) mass is 302 g/mol. The van der Waals surface area contributed by atoms with E-state index in [1.54, 1.807) is 29.7 Å². The third-order valence-electron chi connectivity index (χ3n) is 2.01. The highest BCUT2D eigenvalue weighted by Gasteiger charge is 2.17. The van der Waals surface area contributed by atoms with E-state index in [0.717, 1.165) is 5.52 Å². The highest BCUT2D eigenvalue weighted by molar-refractivity contribution is 9.10. The molecule has 0 amide bonds. The number of carbonyl (C=O) groups excluding carboxylic acids is 1. The lowest BCUT2D eigenvalue weighted by Crippen LogP contribution is -2.09. The quantitative estimate of drug-likeness (QED) is 0.801. The van der Waals surface area contributed by atoms with Gasteiger partial charge >= 0.3 is 5.97 Å². The van der Waals surface area contributed by atoms with Gasteiger partial charge in [-0.15, -0.1) is 0 Å². The molecule has 0 atom stereocenters. The molecule has 0 unspecified atom stereocenters. The first-order chi connectivity index (χ1) is 7.63. The number of esters is 1. The van der Waals surface area contributed by atoms with Crippen molar-refractivity contribution in [2.24, 2.45) is 0 Å². The number of pyridine rings is 1. The number of halogens is 2. The number of fused-ring (bicyclic) bond motifs is 1. The Balaban J connectivity index is 2.61. The van der Waals surface area contributed by atoms with E-state index in [2.05, 4.69) is 20.9 Å². The van der Waals surface area contributed by atoms with E-state index in [0.29, 0.717) is 16.2 Å². The summed E-state index contributed by atoms with van der Waals surface area (Å²) in [5, 5.41) is 0.531. The van der Waals surface area contributed by atoms with Crippen LogP contribution < -0.4 is 0 Å². The molecule has 0 saturated carbocycles. The number of imidazole rings is 1. The van der Waals surface area contributed by atoms with Gasteiger partial charge in [-0.1, -0.05) is 11.6 Å². The molecule has 16 heavy (non-hydrogen) atoms. The standard InChI is InChI=1S/C10H8BrClN2O2/c1-2-16-10(15)9-13-8(11)7-4-3-6(12)5-14(7)9/h3-5H,2H2,1H3. The second kappa shape index (κ2) is 4.43. The molecule has 84 valence electrons. The first-order valence-electron chi connectivity index (χ1n) is 4.63. The molecule has 2 rings (SSSR count). The Labute approximate surface area is 105 Å². The van der Waals surface area contributed by atoms with Gasteiger partial charge in [0, 0.05) is 6.20 Å². The second-order valence-electron chi connectivity index (χ2n) is 3.05. The summed E-state index contributed by atoms with van der Waals surface area (Å²) in [6, 6.07) is 3.51.